The molecule has 1 fully saturated rings. The number of piperazine rings is 1. The van der Waals surface area contributed by atoms with E-state index in [-0.39, 0.29) is 6.79 Å². The van der Waals surface area contributed by atoms with E-state index in [1.54, 1.807) is 18.6 Å². The molecule has 29 heavy (non-hydrogen) atoms. The van der Waals surface area contributed by atoms with Gasteiger partial charge >= 0.3 is 0 Å². The summed E-state index contributed by atoms with van der Waals surface area (Å²) in [6.07, 6.45) is 5.33. The predicted octanol–water partition coefficient (Wildman–Crippen LogP) is 1.93. The smallest absolute Gasteiger partial charge is 0.231 e. The van der Waals surface area contributed by atoms with Crippen LogP contribution in [0.25, 0.3) is 0 Å². The van der Waals surface area contributed by atoms with E-state index in [9.17, 15) is 0 Å². The maximum Gasteiger partial charge on any atom is 0.231 e. The minimum absolute atomic E-state index is 0.283. The van der Waals surface area contributed by atoms with Crippen molar-refractivity contribution < 1.29 is 9.47 Å². The largest absolute Gasteiger partial charge is 0.454 e. The molecule has 3 aromatic rings. The molecule has 0 spiro atoms. The van der Waals surface area contributed by atoms with Crippen molar-refractivity contribution in [3.63, 3.8) is 0 Å². The van der Waals surface area contributed by atoms with E-state index >= 15 is 0 Å². The summed E-state index contributed by atoms with van der Waals surface area (Å²) in [5.41, 5.74) is 1.10. The number of benzene rings is 1. The average molecular weight is 391 g/mol. The number of nitrogens with one attached hydrogen (secondary N) is 1. The lowest BCUT2D eigenvalue weighted by Gasteiger charge is -2.34. The molecule has 0 aliphatic carbocycles. The molecule has 0 radical (unpaired) electrons. The number of hydrogen-bond acceptors (Lipinski definition) is 9. The van der Waals surface area contributed by atoms with Crippen molar-refractivity contribution in [2.24, 2.45) is 0 Å². The van der Waals surface area contributed by atoms with E-state index in [1.165, 1.54) is 0 Å². The third kappa shape index (κ3) is 3.84. The fourth-order valence-electron chi connectivity index (χ4n) is 3.40. The molecule has 9 nitrogen and oxygen atoms in total. The highest BCUT2D eigenvalue weighted by Gasteiger charge is 2.20. The lowest BCUT2D eigenvalue weighted by atomic mass is 10.2. The lowest BCUT2D eigenvalue weighted by Crippen LogP contribution is -2.47. The van der Waals surface area contributed by atoms with Crippen LogP contribution in [0.15, 0.2) is 48.9 Å². The molecule has 1 N–H and O–H groups in total. The number of hydrogen-bond donors (Lipinski definition) is 1. The highest BCUT2D eigenvalue weighted by Crippen LogP contribution is 2.32. The van der Waals surface area contributed by atoms with Gasteiger partial charge in [-0.15, -0.1) is 0 Å². The molecular formula is C20H21N7O2. The minimum Gasteiger partial charge on any atom is -0.454 e. The number of rotatable bonds is 5. The third-order valence-corrected chi connectivity index (χ3v) is 4.95. The van der Waals surface area contributed by atoms with Crippen LogP contribution >= 0.6 is 0 Å². The van der Waals surface area contributed by atoms with E-state index in [0.717, 1.165) is 61.0 Å². The van der Waals surface area contributed by atoms with Gasteiger partial charge in [0.05, 0.1) is 0 Å². The minimum atomic E-state index is 0.283. The first-order valence-electron chi connectivity index (χ1n) is 9.57. The Morgan fingerprint density at radius 1 is 0.828 bits per heavy atom. The molecule has 0 unspecified atom stereocenters. The Morgan fingerprint density at radius 3 is 2.38 bits per heavy atom. The summed E-state index contributed by atoms with van der Waals surface area (Å²) in [5.74, 6) is 3.87. The van der Waals surface area contributed by atoms with E-state index in [1.807, 2.05) is 30.3 Å². The molecule has 0 bridgehead atoms. The SMILES string of the molecule is c1cnc(N2CCN(c3nccc(NCc4ccc5c(c4)OCO5)n3)CC2)nc1. The van der Waals surface area contributed by atoms with Gasteiger partial charge in [0.1, 0.15) is 5.82 Å². The van der Waals surface area contributed by atoms with E-state index < -0.39 is 0 Å². The van der Waals surface area contributed by atoms with Crippen LogP contribution in [-0.4, -0.2) is 52.9 Å². The summed E-state index contributed by atoms with van der Waals surface area (Å²) in [5, 5.41) is 3.36. The van der Waals surface area contributed by atoms with Crippen molar-refractivity contribution in [1.29, 1.82) is 0 Å². The molecule has 0 saturated carbocycles. The molecule has 4 heterocycles. The zero-order valence-corrected chi connectivity index (χ0v) is 15.9. The first-order chi connectivity index (χ1) is 14.3. The maximum atomic E-state index is 5.44. The van der Waals surface area contributed by atoms with Gasteiger partial charge in [-0.3, -0.25) is 0 Å². The second kappa shape index (κ2) is 7.78. The van der Waals surface area contributed by atoms with Crippen LogP contribution in [0.1, 0.15) is 5.56 Å². The Morgan fingerprint density at radius 2 is 1.55 bits per heavy atom. The molecular weight excluding hydrogens is 370 g/mol. The normalized spacial score (nSPS) is 15.4. The van der Waals surface area contributed by atoms with Gasteiger partial charge in [-0.05, 0) is 29.8 Å². The molecule has 2 aromatic heterocycles. The van der Waals surface area contributed by atoms with Gasteiger partial charge in [-0.2, -0.15) is 4.98 Å². The van der Waals surface area contributed by atoms with Crippen LogP contribution in [0, 0.1) is 0 Å². The van der Waals surface area contributed by atoms with E-state index in [2.05, 4.69) is 35.1 Å². The van der Waals surface area contributed by atoms with Crippen LogP contribution < -0.4 is 24.6 Å². The standard InChI is InChI=1S/C20H21N7O2/c1-5-21-19(22-6-1)26-8-10-27(11-9-26)20-23-7-4-18(25-20)24-13-15-2-3-16-17(12-15)29-14-28-16/h1-7,12H,8-11,13-14H2,(H,23,24,25). The summed E-state index contributed by atoms with van der Waals surface area (Å²) < 4.78 is 10.8. The molecule has 1 saturated heterocycles. The van der Waals surface area contributed by atoms with Crippen LogP contribution in [0.4, 0.5) is 17.7 Å². The molecule has 1 aromatic carbocycles. The fourth-order valence-corrected chi connectivity index (χ4v) is 3.40. The summed E-state index contributed by atoms with van der Waals surface area (Å²) in [6, 6.07) is 9.65. The quantitative estimate of drug-likeness (QED) is 0.701. The Hall–Kier alpha value is -3.62. The van der Waals surface area contributed by atoms with Crippen molar-refractivity contribution in [3.05, 3.63) is 54.5 Å². The number of fused-ring (bicyclic) bond motifs is 1. The van der Waals surface area contributed by atoms with Crippen molar-refractivity contribution in [1.82, 2.24) is 19.9 Å². The van der Waals surface area contributed by atoms with Crippen LogP contribution in [0.2, 0.25) is 0 Å². The Kier molecular flexibility index (Phi) is 4.69. The van der Waals surface area contributed by atoms with Crippen molar-refractivity contribution in [3.8, 4) is 11.5 Å². The average Bonchev–Trinajstić information content (AvgIpc) is 3.27. The van der Waals surface area contributed by atoms with Crippen LogP contribution in [-0.2, 0) is 6.54 Å². The van der Waals surface area contributed by atoms with Gasteiger partial charge < -0.3 is 24.6 Å². The molecule has 9 heteroatoms. The van der Waals surface area contributed by atoms with Crippen molar-refractivity contribution in [2.45, 2.75) is 6.54 Å². The third-order valence-electron chi connectivity index (χ3n) is 4.95. The first kappa shape index (κ1) is 17.5. The lowest BCUT2D eigenvalue weighted by molar-refractivity contribution is 0.174. The summed E-state index contributed by atoms with van der Waals surface area (Å²) >= 11 is 0. The molecule has 0 amide bonds. The number of ether oxygens (including phenoxy) is 2. The summed E-state index contributed by atoms with van der Waals surface area (Å²) in [6.45, 7) is 4.25. The van der Waals surface area contributed by atoms with E-state index in [0.29, 0.717) is 6.54 Å². The monoisotopic (exact) mass is 391 g/mol. The van der Waals surface area contributed by atoms with Crippen molar-refractivity contribution in [2.75, 3.05) is 48.1 Å². The van der Waals surface area contributed by atoms with Gasteiger partial charge in [-0.1, -0.05) is 6.07 Å². The van der Waals surface area contributed by atoms with Gasteiger partial charge in [0.2, 0.25) is 18.7 Å². The van der Waals surface area contributed by atoms with Gasteiger partial charge in [-0.25, -0.2) is 15.0 Å². The topological polar surface area (TPSA) is 88.5 Å². The second-order valence-corrected chi connectivity index (χ2v) is 6.81. The zero-order valence-electron chi connectivity index (χ0n) is 15.9. The maximum absolute atomic E-state index is 5.44. The Bertz CT molecular complexity index is 978. The Labute approximate surface area is 168 Å². The zero-order chi connectivity index (χ0) is 19.5. The highest BCUT2D eigenvalue weighted by molar-refractivity contribution is 5.47. The predicted molar refractivity (Wildman–Crippen MR) is 108 cm³/mol. The molecule has 2 aliphatic rings. The molecule has 2 aliphatic heterocycles. The summed E-state index contributed by atoms with van der Waals surface area (Å²) in [4.78, 5) is 22.2. The van der Waals surface area contributed by atoms with Gasteiger partial charge in [0.25, 0.3) is 0 Å². The van der Waals surface area contributed by atoms with Gasteiger partial charge in [0.15, 0.2) is 11.5 Å². The molecule has 0 atom stereocenters. The molecule has 148 valence electrons. The summed E-state index contributed by atoms with van der Waals surface area (Å²) in [7, 11) is 0. The number of anilines is 3. The van der Waals surface area contributed by atoms with Gasteiger partial charge in [0, 0.05) is 51.3 Å². The number of nitrogens with zero attached hydrogens (tertiary/aromatic N) is 6. The highest BCUT2D eigenvalue weighted by atomic mass is 16.7. The van der Waals surface area contributed by atoms with Crippen molar-refractivity contribution >= 4 is 17.7 Å². The first-order valence-corrected chi connectivity index (χ1v) is 9.57. The number of aromatic nitrogens is 4. The molecule has 5 rings (SSSR count). The van der Waals surface area contributed by atoms with Crippen LogP contribution in [0.3, 0.4) is 0 Å². The van der Waals surface area contributed by atoms with E-state index in [4.69, 9.17) is 9.47 Å². The van der Waals surface area contributed by atoms with Crippen LogP contribution in [0.5, 0.6) is 11.5 Å². The fraction of sp³-hybridized carbons (Fsp3) is 0.300. The Balaban J connectivity index is 1.20. The second-order valence-electron chi connectivity index (χ2n) is 6.81.